The van der Waals surface area contributed by atoms with E-state index in [0.717, 1.165) is 10.4 Å². The number of aliphatic hydroxyl groups is 1. The third kappa shape index (κ3) is 3.94. The van der Waals surface area contributed by atoms with E-state index < -0.39 is 0 Å². The summed E-state index contributed by atoms with van der Waals surface area (Å²) < 4.78 is 4.98. The van der Waals surface area contributed by atoms with E-state index in [1.54, 1.807) is 13.8 Å². The van der Waals surface area contributed by atoms with Crippen molar-refractivity contribution in [2.24, 2.45) is 0 Å². The van der Waals surface area contributed by atoms with Gasteiger partial charge in [0.05, 0.1) is 18.8 Å². The lowest BCUT2D eigenvalue weighted by molar-refractivity contribution is 0.0949. The van der Waals surface area contributed by atoms with Crippen molar-refractivity contribution in [2.75, 3.05) is 6.61 Å². The van der Waals surface area contributed by atoms with E-state index in [9.17, 15) is 4.79 Å². The van der Waals surface area contributed by atoms with E-state index in [-0.39, 0.29) is 12.5 Å². The molecule has 110 valence electrons. The minimum Gasteiger partial charge on any atom is -0.395 e. The maximum atomic E-state index is 12.1. The molecule has 6 heteroatoms. The fourth-order valence-electron chi connectivity index (χ4n) is 1.82. The molecule has 0 aliphatic heterocycles. The van der Waals surface area contributed by atoms with Crippen LogP contribution in [-0.4, -0.2) is 22.8 Å². The highest BCUT2D eigenvalue weighted by atomic mass is 32.1. The summed E-state index contributed by atoms with van der Waals surface area (Å²) in [7, 11) is 0. The molecule has 0 aliphatic rings. The highest BCUT2D eigenvalue weighted by molar-refractivity contribution is 7.10. The van der Waals surface area contributed by atoms with Crippen molar-refractivity contribution >= 4 is 17.2 Å². The molecule has 2 aromatic heterocycles. The van der Waals surface area contributed by atoms with Crippen molar-refractivity contribution in [3.05, 3.63) is 38.9 Å². The lowest BCUT2D eigenvalue weighted by Gasteiger charge is -2.02. The molecule has 0 aromatic carbocycles. The van der Waals surface area contributed by atoms with Crippen LogP contribution in [0.15, 0.2) is 16.0 Å². The van der Waals surface area contributed by atoms with Gasteiger partial charge in [-0.25, -0.2) is 0 Å². The van der Waals surface area contributed by atoms with Crippen molar-refractivity contribution in [3.8, 4) is 11.8 Å². The van der Waals surface area contributed by atoms with Crippen LogP contribution in [0.3, 0.4) is 0 Å². The number of hydrogen-bond donors (Lipinski definition) is 2. The van der Waals surface area contributed by atoms with Gasteiger partial charge in [-0.3, -0.25) is 4.79 Å². The first-order valence-electron chi connectivity index (χ1n) is 6.50. The minimum atomic E-state index is -0.187. The van der Waals surface area contributed by atoms with Gasteiger partial charge < -0.3 is 14.9 Å². The lowest BCUT2D eigenvalue weighted by atomic mass is 10.2. The van der Waals surface area contributed by atoms with Gasteiger partial charge in [-0.15, -0.1) is 11.3 Å². The molecule has 5 nitrogen and oxygen atoms in total. The highest BCUT2D eigenvalue weighted by Gasteiger charge is 2.17. The molecule has 2 heterocycles. The second-order valence-electron chi connectivity index (χ2n) is 4.46. The van der Waals surface area contributed by atoms with Crippen molar-refractivity contribution in [3.63, 3.8) is 0 Å². The minimum absolute atomic E-state index is 0.0670. The first kappa shape index (κ1) is 15.3. The standard InChI is InChI=1S/C15H16N2O3S/c1-10-14(11(2)20-17-10)15(19)16-8-13-7-12(9-21-13)5-3-4-6-18/h7,9,18H,4,6,8H2,1-2H3,(H,16,19). The number of aliphatic hydroxyl groups excluding tert-OH is 1. The normalized spacial score (nSPS) is 10.0. The number of thiophene rings is 1. The van der Waals surface area contributed by atoms with Crippen LogP contribution < -0.4 is 5.32 Å². The Bertz CT molecular complexity index is 672. The Morgan fingerprint density at radius 1 is 1.52 bits per heavy atom. The summed E-state index contributed by atoms with van der Waals surface area (Å²) in [5.41, 5.74) is 1.98. The van der Waals surface area contributed by atoms with Crippen LogP contribution in [0, 0.1) is 25.7 Å². The van der Waals surface area contributed by atoms with Gasteiger partial charge in [-0.2, -0.15) is 0 Å². The molecule has 0 bridgehead atoms. The number of aromatic nitrogens is 1. The van der Waals surface area contributed by atoms with Gasteiger partial charge in [0.15, 0.2) is 0 Å². The summed E-state index contributed by atoms with van der Waals surface area (Å²) in [6, 6.07) is 1.93. The average Bonchev–Trinajstić information content (AvgIpc) is 3.04. The van der Waals surface area contributed by atoms with Crippen LogP contribution in [0.4, 0.5) is 0 Å². The molecule has 0 saturated heterocycles. The van der Waals surface area contributed by atoms with Crippen LogP contribution in [0.1, 0.15) is 38.7 Å². The molecular formula is C15H16N2O3S. The zero-order valence-electron chi connectivity index (χ0n) is 11.9. The smallest absolute Gasteiger partial charge is 0.257 e. The predicted molar refractivity (Wildman–Crippen MR) is 80.0 cm³/mol. The fraction of sp³-hybridized carbons (Fsp3) is 0.333. The third-order valence-electron chi connectivity index (χ3n) is 2.81. The fourth-order valence-corrected chi connectivity index (χ4v) is 2.58. The first-order chi connectivity index (χ1) is 10.1. The van der Waals surface area contributed by atoms with Crippen LogP contribution in [0.5, 0.6) is 0 Å². The topological polar surface area (TPSA) is 75.4 Å². The second-order valence-corrected chi connectivity index (χ2v) is 5.45. The van der Waals surface area contributed by atoms with E-state index >= 15 is 0 Å². The molecule has 2 aromatic rings. The summed E-state index contributed by atoms with van der Waals surface area (Å²) in [5.74, 6) is 6.16. The summed E-state index contributed by atoms with van der Waals surface area (Å²) in [4.78, 5) is 13.1. The summed E-state index contributed by atoms with van der Waals surface area (Å²) in [6.07, 6.45) is 0.466. The van der Waals surface area contributed by atoms with E-state index in [0.29, 0.717) is 30.0 Å². The van der Waals surface area contributed by atoms with E-state index in [4.69, 9.17) is 9.63 Å². The van der Waals surface area contributed by atoms with Gasteiger partial charge in [-0.1, -0.05) is 17.0 Å². The number of amides is 1. The van der Waals surface area contributed by atoms with Crippen molar-refractivity contribution in [1.29, 1.82) is 0 Å². The van der Waals surface area contributed by atoms with E-state index in [1.807, 2.05) is 11.4 Å². The molecule has 1 amide bonds. The summed E-state index contributed by atoms with van der Waals surface area (Å²) in [6.45, 7) is 3.97. The van der Waals surface area contributed by atoms with Gasteiger partial charge >= 0.3 is 0 Å². The van der Waals surface area contributed by atoms with Crippen LogP contribution in [0.25, 0.3) is 0 Å². The Morgan fingerprint density at radius 3 is 3.00 bits per heavy atom. The summed E-state index contributed by atoms with van der Waals surface area (Å²) in [5, 5.41) is 17.2. The largest absolute Gasteiger partial charge is 0.395 e. The monoisotopic (exact) mass is 304 g/mol. The van der Waals surface area contributed by atoms with E-state index in [1.165, 1.54) is 11.3 Å². The molecule has 0 fully saturated rings. The second kappa shape index (κ2) is 7.07. The van der Waals surface area contributed by atoms with Crippen LogP contribution in [-0.2, 0) is 6.54 Å². The molecule has 0 radical (unpaired) electrons. The molecule has 0 aliphatic carbocycles. The quantitative estimate of drug-likeness (QED) is 0.847. The number of aryl methyl sites for hydroxylation is 2. The first-order valence-corrected chi connectivity index (χ1v) is 7.38. The van der Waals surface area contributed by atoms with Gasteiger partial charge in [-0.05, 0) is 19.9 Å². The zero-order valence-corrected chi connectivity index (χ0v) is 12.7. The predicted octanol–water partition coefficient (Wildman–Crippen LogP) is 2.02. The van der Waals surface area contributed by atoms with Gasteiger partial charge in [0, 0.05) is 22.2 Å². The Labute approximate surface area is 127 Å². The van der Waals surface area contributed by atoms with Gasteiger partial charge in [0.1, 0.15) is 11.3 Å². The molecule has 21 heavy (non-hydrogen) atoms. The average molecular weight is 304 g/mol. The molecule has 0 saturated carbocycles. The summed E-state index contributed by atoms with van der Waals surface area (Å²) >= 11 is 1.54. The SMILES string of the molecule is Cc1noc(C)c1C(=O)NCc1cc(C#CCCO)cs1. The third-order valence-corrected chi connectivity index (χ3v) is 3.74. The Balaban J connectivity index is 1.95. The molecule has 2 rings (SSSR count). The molecular weight excluding hydrogens is 288 g/mol. The zero-order chi connectivity index (χ0) is 15.2. The van der Waals surface area contributed by atoms with Crippen molar-refractivity contribution in [1.82, 2.24) is 10.5 Å². The van der Waals surface area contributed by atoms with E-state index in [2.05, 4.69) is 22.3 Å². The number of rotatable bonds is 4. The maximum Gasteiger partial charge on any atom is 0.257 e. The lowest BCUT2D eigenvalue weighted by Crippen LogP contribution is -2.23. The van der Waals surface area contributed by atoms with Crippen molar-refractivity contribution in [2.45, 2.75) is 26.8 Å². The number of carbonyl (C=O) groups excluding carboxylic acids is 1. The van der Waals surface area contributed by atoms with Crippen molar-refractivity contribution < 1.29 is 14.4 Å². The molecule has 0 spiro atoms. The van der Waals surface area contributed by atoms with Crippen LogP contribution >= 0.6 is 11.3 Å². The number of nitrogens with one attached hydrogen (secondary N) is 1. The van der Waals surface area contributed by atoms with Crippen LogP contribution in [0.2, 0.25) is 0 Å². The highest BCUT2D eigenvalue weighted by Crippen LogP contribution is 2.15. The maximum absolute atomic E-state index is 12.1. The molecule has 0 unspecified atom stereocenters. The molecule has 0 atom stereocenters. The Kier molecular flexibility index (Phi) is 5.14. The number of nitrogens with zero attached hydrogens (tertiary/aromatic N) is 1. The molecule has 2 N–H and O–H groups in total. The van der Waals surface area contributed by atoms with Gasteiger partial charge in [0.2, 0.25) is 0 Å². The van der Waals surface area contributed by atoms with Gasteiger partial charge in [0.25, 0.3) is 5.91 Å². The number of carbonyl (C=O) groups is 1. The number of hydrogen-bond acceptors (Lipinski definition) is 5. The Hall–Kier alpha value is -2.10. The Morgan fingerprint density at radius 2 is 2.33 bits per heavy atom.